The van der Waals surface area contributed by atoms with E-state index < -0.39 is 6.29 Å². The van der Waals surface area contributed by atoms with Gasteiger partial charge in [-0.05, 0) is 24.7 Å². The maximum absolute atomic E-state index is 13.4. The Labute approximate surface area is 107 Å². The van der Waals surface area contributed by atoms with Crippen LogP contribution in [0.1, 0.15) is 18.5 Å². The number of hydrogen-bond acceptors (Lipinski definition) is 4. The highest BCUT2D eigenvalue weighted by Gasteiger charge is 2.25. The molecule has 0 aliphatic carbocycles. The Morgan fingerprint density at radius 3 is 2.39 bits per heavy atom. The molecule has 1 aromatic rings. The van der Waals surface area contributed by atoms with Crippen molar-refractivity contribution in [3.63, 3.8) is 0 Å². The van der Waals surface area contributed by atoms with Crippen LogP contribution in [0.25, 0.3) is 0 Å². The molecule has 0 saturated carbocycles. The van der Waals surface area contributed by atoms with Crippen LogP contribution in [0.4, 0.5) is 4.39 Å². The van der Waals surface area contributed by atoms with Crippen molar-refractivity contribution in [2.45, 2.75) is 19.3 Å². The first-order valence-corrected chi connectivity index (χ1v) is 5.80. The van der Waals surface area contributed by atoms with E-state index in [1.807, 2.05) is 6.92 Å². The third-order valence-corrected chi connectivity index (χ3v) is 2.69. The molecule has 0 spiro atoms. The quantitative estimate of drug-likeness (QED) is 0.759. The number of ether oxygens (including phenoxy) is 3. The van der Waals surface area contributed by atoms with Crippen LogP contribution in [0.5, 0.6) is 5.75 Å². The van der Waals surface area contributed by atoms with Crippen LogP contribution in [-0.2, 0) is 9.47 Å². The molecule has 0 aliphatic rings. The minimum atomic E-state index is -0.513. The highest BCUT2D eigenvalue weighted by molar-refractivity contribution is 5.37. The third kappa shape index (κ3) is 3.41. The van der Waals surface area contributed by atoms with Crippen molar-refractivity contribution in [1.82, 2.24) is 5.32 Å². The van der Waals surface area contributed by atoms with E-state index in [1.54, 1.807) is 27.4 Å². The molecule has 5 heteroatoms. The fourth-order valence-corrected chi connectivity index (χ4v) is 1.89. The summed E-state index contributed by atoms with van der Waals surface area (Å²) in [5.41, 5.74) is 0.674. The van der Waals surface area contributed by atoms with E-state index in [0.29, 0.717) is 17.9 Å². The van der Waals surface area contributed by atoms with Crippen molar-refractivity contribution >= 4 is 0 Å². The van der Waals surface area contributed by atoms with E-state index >= 15 is 0 Å². The van der Waals surface area contributed by atoms with Crippen molar-refractivity contribution in [1.29, 1.82) is 0 Å². The lowest BCUT2D eigenvalue weighted by Crippen LogP contribution is -2.34. The molecule has 1 aromatic carbocycles. The van der Waals surface area contributed by atoms with Crippen LogP contribution in [0.2, 0.25) is 0 Å². The molecule has 18 heavy (non-hydrogen) atoms. The summed E-state index contributed by atoms with van der Waals surface area (Å²) in [6.07, 6.45) is -0.513. The maximum Gasteiger partial charge on any atom is 0.176 e. The zero-order valence-corrected chi connectivity index (χ0v) is 11.2. The van der Waals surface area contributed by atoms with Gasteiger partial charge in [-0.1, -0.05) is 6.92 Å². The van der Waals surface area contributed by atoms with E-state index in [4.69, 9.17) is 14.2 Å². The van der Waals surface area contributed by atoms with Crippen molar-refractivity contribution in [2.24, 2.45) is 0 Å². The van der Waals surface area contributed by atoms with E-state index in [9.17, 15) is 4.39 Å². The van der Waals surface area contributed by atoms with Crippen molar-refractivity contribution in [3.05, 3.63) is 29.6 Å². The number of methoxy groups -OCH3 is 3. The molecule has 0 amide bonds. The summed E-state index contributed by atoms with van der Waals surface area (Å²) in [6.45, 7) is 2.66. The summed E-state index contributed by atoms with van der Waals surface area (Å²) in [4.78, 5) is 0. The van der Waals surface area contributed by atoms with E-state index in [2.05, 4.69) is 5.32 Å². The lowest BCUT2D eigenvalue weighted by atomic mass is 10.0. The number of likely N-dealkylation sites (N-methyl/N-ethyl adjacent to an activating group) is 1. The van der Waals surface area contributed by atoms with Gasteiger partial charge in [-0.15, -0.1) is 0 Å². The average Bonchev–Trinajstić information content (AvgIpc) is 2.39. The average molecular weight is 257 g/mol. The Morgan fingerprint density at radius 1 is 1.22 bits per heavy atom. The van der Waals surface area contributed by atoms with Gasteiger partial charge >= 0.3 is 0 Å². The Bertz CT molecular complexity index is 369. The number of hydrogen-bond donors (Lipinski definition) is 1. The molecule has 1 atom stereocenters. The molecule has 102 valence electrons. The number of rotatable bonds is 7. The van der Waals surface area contributed by atoms with Crippen LogP contribution in [0.15, 0.2) is 18.2 Å². The van der Waals surface area contributed by atoms with Gasteiger partial charge in [-0.2, -0.15) is 0 Å². The lowest BCUT2D eigenvalue weighted by molar-refractivity contribution is -0.124. The first kappa shape index (κ1) is 14.9. The van der Waals surface area contributed by atoms with Crippen molar-refractivity contribution in [3.8, 4) is 5.75 Å². The second kappa shape index (κ2) is 7.31. The Hall–Kier alpha value is -1.17. The van der Waals surface area contributed by atoms with Crippen molar-refractivity contribution in [2.75, 3.05) is 27.9 Å². The van der Waals surface area contributed by atoms with E-state index in [0.717, 1.165) is 0 Å². The Balaban J connectivity index is 3.14. The Morgan fingerprint density at radius 2 is 1.89 bits per heavy atom. The molecule has 1 unspecified atom stereocenters. The topological polar surface area (TPSA) is 39.7 Å². The van der Waals surface area contributed by atoms with Gasteiger partial charge in [0.25, 0.3) is 0 Å². The summed E-state index contributed by atoms with van der Waals surface area (Å²) < 4.78 is 29.1. The minimum Gasteiger partial charge on any atom is -0.496 e. The molecule has 0 aromatic heterocycles. The highest BCUT2D eigenvalue weighted by atomic mass is 19.1. The van der Waals surface area contributed by atoms with Gasteiger partial charge in [-0.25, -0.2) is 4.39 Å². The van der Waals surface area contributed by atoms with Gasteiger partial charge in [0.1, 0.15) is 11.6 Å². The predicted octanol–water partition coefficient (Wildman–Crippen LogP) is 2.10. The smallest absolute Gasteiger partial charge is 0.176 e. The van der Waals surface area contributed by atoms with Crippen LogP contribution in [0.3, 0.4) is 0 Å². The zero-order valence-electron chi connectivity index (χ0n) is 11.2. The van der Waals surface area contributed by atoms with Crippen LogP contribution >= 0.6 is 0 Å². The Kier molecular flexibility index (Phi) is 6.04. The molecule has 0 bridgehead atoms. The first-order valence-electron chi connectivity index (χ1n) is 5.80. The number of nitrogens with one attached hydrogen (secondary N) is 1. The van der Waals surface area contributed by atoms with Crippen LogP contribution in [0, 0.1) is 5.82 Å². The van der Waals surface area contributed by atoms with E-state index in [-0.39, 0.29) is 11.9 Å². The molecule has 0 heterocycles. The molecule has 1 N–H and O–H groups in total. The molecule has 0 aliphatic heterocycles. The largest absolute Gasteiger partial charge is 0.496 e. The van der Waals surface area contributed by atoms with Crippen LogP contribution in [-0.4, -0.2) is 34.2 Å². The normalized spacial score (nSPS) is 12.8. The monoisotopic (exact) mass is 257 g/mol. The highest BCUT2D eigenvalue weighted by Crippen LogP contribution is 2.29. The molecular formula is C13H20FNO3. The SMILES string of the molecule is CCNC(c1cc(F)ccc1OC)C(OC)OC. The van der Waals surface area contributed by atoms with Gasteiger partial charge in [0.15, 0.2) is 6.29 Å². The van der Waals surface area contributed by atoms with Crippen molar-refractivity contribution < 1.29 is 18.6 Å². The number of benzene rings is 1. The fourth-order valence-electron chi connectivity index (χ4n) is 1.89. The number of halogens is 1. The second-order valence-corrected chi connectivity index (χ2v) is 3.76. The molecular weight excluding hydrogens is 237 g/mol. The molecule has 0 fully saturated rings. The molecule has 0 radical (unpaired) electrons. The summed E-state index contributed by atoms with van der Waals surface area (Å²) in [7, 11) is 4.64. The van der Waals surface area contributed by atoms with Gasteiger partial charge < -0.3 is 19.5 Å². The van der Waals surface area contributed by atoms with Gasteiger partial charge in [-0.3, -0.25) is 0 Å². The predicted molar refractivity (Wildman–Crippen MR) is 67.2 cm³/mol. The second-order valence-electron chi connectivity index (χ2n) is 3.76. The summed E-state index contributed by atoms with van der Waals surface area (Å²) in [5.74, 6) is 0.279. The zero-order chi connectivity index (χ0) is 13.5. The van der Waals surface area contributed by atoms with E-state index in [1.165, 1.54) is 12.1 Å². The summed E-state index contributed by atoms with van der Waals surface area (Å²) in [6, 6.07) is 4.09. The third-order valence-electron chi connectivity index (χ3n) is 2.69. The van der Waals surface area contributed by atoms with Gasteiger partial charge in [0, 0.05) is 19.8 Å². The maximum atomic E-state index is 13.4. The fraction of sp³-hybridized carbons (Fsp3) is 0.538. The minimum absolute atomic E-state index is 0.296. The lowest BCUT2D eigenvalue weighted by Gasteiger charge is -2.27. The van der Waals surface area contributed by atoms with Gasteiger partial charge in [0.05, 0.1) is 13.2 Å². The molecule has 1 rings (SSSR count). The summed E-state index contributed by atoms with van der Waals surface area (Å²) >= 11 is 0. The first-order chi connectivity index (χ1) is 8.67. The summed E-state index contributed by atoms with van der Waals surface area (Å²) in [5, 5.41) is 3.21. The van der Waals surface area contributed by atoms with Crippen LogP contribution < -0.4 is 10.1 Å². The standard InChI is InChI=1S/C13H20FNO3/c1-5-15-12(13(17-3)18-4)10-8-9(14)6-7-11(10)16-2/h6-8,12-13,15H,5H2,1-4H3. The molecule has 4 nitrogen and oxygen atoms in total. The molecule has 0 saturated heterocycles. The van der Waals surface area contributed by atoms with Gasteiger partial charge in [0.2, 0.25) is 0 Å².